The quantitative estimate of drug-likeness (QED) is 0.352. The molecule has 0 aliphatic rings. The summed E-state index contributed by atoms with van der Waals surface area (Å²) in [7, 11) is 0. The SMILES string of the molecule is CCCCC(CC)COC(=O)OOOC(=O)c1ccc(CC)cc1. The molecule has 0 bridgehead atoms. The van der Waals surface area contributed by atoms with E-state index in [-0.39, 0.29) is 12.5 Å². The molecular weight excluding hydrogens is 312 g/mol. The molecule has 0 fully saturated rings. The van der Waals surface area contributed by atoms with Gasteiger partial charge in [0.25, 0.3) is 0 Å². The standard InChI is InChI=1S/C18H26O6/c1-4-7-8-15(6-3)13-21-18(20)23-24-22-17(19)16-11-9-14(5-2)10-12-16/h9-12,15H,4-8,13H2,1-3H3. The second-order valence-corrected chi connectivity index (χ2v) is 5.55. The van der Waals surface area contributed by atoms with Gasteiger partial charge in [0.05, 0.1) is 17.2 Å². The Morgan fingerprint density at radius 2 is 1.75 bits per heavy atom. The predicted molar refractivity (Wildman–Crippen MR) is 88.1 cm³/mol. The van der Waals surface area contributed by atoms with Crippen LogP contribution in [-0.4, -0.2) is 18.7 Å². The van der Waals surface area contributed by atoms with Crippen molar-refractivity contribution in [3.05, 3.63) is 35.4 Å². The van der Waals surface area contributed by atoms with Gasteiger partial charge in [-0.05, 0) is 36.5 Å². The normalized spacial score (nSPS) is 11.6. The molecule has 0 N–H and O–H groups in total. The summed E-state index contributed by atoms with van der Waals surface area (Å²) in [5.41, 5.74) is 1.40. The zero-order valence-corrected chi connectivity index (χ0v) is 14.6. The molecule has 0 saturated heterocycles. The smallest absolute Gasteiger partial charge is 0.432 e. The van der Waals surface area contributed by atoms with E-state index in [0.29, 0.717) is 5.56 Å². The fraction of sp³-hybridized carbons (Fsp3) is 0.556. The van der Waals surface area contributed by atoms with Crippen LogP contribution >= 0.6 is 0 Å². The molecule has 1 aromatic rings. The van der Waals surface area contributed by atoms with Gasteiger partial charge in [0, 0.05) is 0 Å². The van der Waals surface area contributed by atoms with Gasteiger partial charge in [-0.2, -0.15) is 0 Å². The molecule has 0 amide bonds. The molecule has 0 spiro atoms. The second kappa shape index (κ2) is 11.5. The van der Waals surface area contributed by atoms with Gasteiger partial charge in [-0.3, -0.25) is 4.89 Å². The Labute approximate surface area is 142 Å². The van der Waals surface area contributed by atoms with E-state index in [1.807, 2.05) is 26.0 Å². The fourth-order valence-electron chi connectivity index (χ4n) is 2.11. The molecule has 0 saturated carbocycles. The molecule has 0 heterocycles. The molecule has 1 atom stereocenters. The van der Waals surface area contributed by atoms with E-state index in [0.717, 1.165) is 37.7 Å². The highest BCUT2D eigenvalue weighted by Gasteiger charge is 2.14. The molecule has 0 aliphatic heterocycles. The number of benzene rings is 1. The van der Waals surface area contributed by atoms with Crippen LogP contribution in [0.2, 0.25) is 0 Å². The number of carbonyl (C=O) groups is 2. The Morgan fingerprint density at radius 1 is 1.04 bits per heavy atom. The Bertz CT molecular complexity index is 497. The predicted octanol–water partition coefficient (Wildman–Crippen LogP) is 4.62. The van der Waals surface area contributed by atoms with Crippen LogP contribution in [0.25, 0.3) is 0 Å². The summed E-state index contributed by atoms with van der Waals surface area (Å²) in [5, 5.41) is 4.19. The van der Waals surface area contributed by atoms with Crippen molar-refractivity contribution in [2.75, 3.05) is 6.61 Å². The number of rotatable bonds is 10. The zero-order valence-electron chi connectivity index (χ0n) is 14.6. The van der Waals surface area contributed by atoms with E-state index < -0.39 is 12.1 Å². The van der Waals surface area contributed by atoms with Gasteiger partial charge >= 0.3 is 12.1 Å². The maximum absolute atomic E-state index is 11.7. The number of unbranched alkanes of at least 4 members (excludes halogenated alkanes) is 1. The van der Waals surface area contributed by atoms with Crippen molar-refractivity contribution < 1.29 is 29.1 Å². The molecular formula is C18H26O6. The highest BCUT2D eigenvalue weighted by Crippen LogP contribution is 2.13. The summed E-state index contributed by atoms with van der Waals surface area (Å²) in [6.45, 7) is 6.42. The lowest BCUT2D eigenvalue weighted by Gasteiger charge is -2.13. The van der Waals surface area contributed by atoms with Gasteiger partial charge in [-0.25, -0.2) is 14.5 Å². The van der Waals surface area contributed by atoms with Crippen LogP contribution in [0.5, 0.6) is 0 Å². The van der Waals surface area contributed by atoms with Gasteiger partial charge in [0.15, 0.2) is 0 Å². The Morgan fingerprint density at radius 3 is 2.33 bits per heavy atom. The third kappa shape index (κ3) is 7.46. The molecule has 0 radical (unpaired) electrons. The van der Waals surface area contributed by atoms with Crippen LogP contribution in [0.4, 0.5) is 4.79 Å². The van der Waals surface area contributed by atoms with Crippen molar-refractivity contribution in [1.29, 1.82) is 0 Å². The topological polar surface area (TPSA) is 71.1 Å². The minimum atomic E-state index is -1.03. The number of aryl methyl sites for hydroxylation is 1. The number of hydrogen-bond acceptors (Lipinski definition) is 6. The number of hydrogen-bond donors (Lipinski definition) is 0. The molecule has 24 heavy (non-hydrogen) atoms. The van der Waals surface area contributed by atoms with Crippen LogP contribution < -0.4 is 0 Å². The lowest BCUT2D eigenvalue weighted by atomic mass is 10.0. The molecule has 1 rings (SSSR count). The monoisotopic (exact) mass is 338 g/mol. The maximum Gasteiger partial charge on any atom is 0.543 e. The first kappa shape index (κ1) is 20.0. The first-order chi connectivity index (χ1) is 11.6. The lowest BCUT2D eigenvalue weighted by Crippen LogP contribution is -2.16. The highest BCUT2D eigenvalue weighted by molar-refractivity contribution is 5.88. The molecule has 0 aliphatic carbocycles. The van der Waals surface area contributed by atoms with E-state index in [1.165, 1.54) is 0 Å². The zero-order chi connectivity index (χ0) is 17.8. The Balaban J connectivity index is 2.25. The first-order valence-electron chi connectivity index (χ1n) is 8.41. The van der Waals surface area contributed by atoms with Gasteiger partial charge in [0.2, 0.25) is 0 Å². The van der Waals surface area contributed by atoms with Gasteiger partial charge < -0.3 is 4.74 Å². The summed E-state index contributed by atoms with van der Waals surface area (Å²) in [6, 6.07) is 6.85. The average Bonchev–Trinajstić information content (AvgIpc) is 2.61. The number of carbonyl (C=O) groups excluding carboxylic acids is 2. The minimum absolute atomic E-state index is 0.255. The lowest BCUT2D eigenvalue weighted by molar-refractivity contribution is -0.452. The van der Waals surface area contributed by atoms with Crippen LogP contribution in [0.1, 0.15) is 62.4 Å². The van der Waals surface area contributed by atoms with Gasteiger partial charge in [-0.15, -0.1) is 0 Å². The molecule has 1 aromatic carbocycles. The van der Waals surface area contributed by atoms with Gasteiger partial charge in [-0.1, -0.05) is 52.2 Å². The number of ether oxygens (including phenoxy) is 1. The van der Waals surface area contributed by atoms with Gasteiger partial charge in [0.1, 0.15) is 0 Å². The van der Waals surface area contributed by atoms with E-state index >= 15 is 0 Å². The van der Waals surface area contributed by atoms with Crippen molar-refractivity contribution >= 4 is 12.1 Å². The summed E-state index contributed by atoms with van der Waals surface area (Å²) >= 11 is 0. The fourth-order valence-corrected chi connectivity index (χ4v) is 2.11. The highest BCUT2D eigenvalue weighted by atomic mass is 17.5. The second-order valence-electron chi connectivity index (χ2n) is 5.55. The van der Waals surface area contributed by atoms with Crippen LogP contribution in [-0.2, 0) is 26.0 Å². The largest absolute Gasteiger partial charge is 0.543 e. The Hall–Kier alpha value is -2.08. The van der Waals surface area contributed by atoms with Crippen molar-refractivity contribution in [3.8, 4) is 0 Å². The van der Waals surface area contributed by atoms with Crippen LogP contribution in [0.3, 0.4) is 0 Å². The van der Waals surface area contributed by atoms with Crippen molar-refractivity contribution in [2.45, 2.75) is 52.9 Å². The van der Waals surface area contributed by atoms with E-state index in [2.05, 4.69) is 21.7 Å². The molecule has 134 valence electrons. The van der Waals surface area contributed by atoms with Crippen LogP contribution in [0.15, 0.2) is 24.3 Å². The van der Waals surface area contributed by atoms with Crippen molar-refractivity contribution in [1.82, 2.24) is 0 Å². The Kier molecular flexibility index (Phi) is 9.53. The first-order valence-corrected chi connectivity index (χ1v) is 8.41. The third-order valence-electron chi connectivity index (χ3n) is 3.79. The molecule has 0 aromatic heterocycles. The summed E-state index contributed by atoms with van der Waals surface area (Å²) < 4.78 is 4.93. The maximum atomic E-state index is 11.7. The molecule has 6 nitrogen and oxygen atoms in total. The van der Waals surface area contributed by atoms with Crippen LogP contribution in [0, 0.1) is 5.92 Å². The minimum Gasteiger partial charge on any atom is -0.432 e. The van der Waals surface area contributed by atoms with Crippen molar-refractivity contribution in [2.24, 2.45) is 5.92 Å². The van der Waals surface area contributed by atoms with Crippen molar-refractivity contribution in [3.63, 3.8) is 0 Å². The molecule has 6 heteroatoms. The summed E-state index contributed by atoms with van der Waals surface area (Å²) in [5.74, 6) is -0.461. The average molecular weight is 338 g/mol. The molecule has 1 unspecified atom stereocenters. The third-order valence-corrected chi connectivity index (χ3v) is 3.79. The summed E-state index contributed by atoms with van der Waals surface area (Å²) in [6.07, 6.45) is 3.93. The van der Waals surface area contributed by atoms with E-state index in [1.54, 1.807) is 12.1 Å². The van der Waals surface area contributed by atoms with E-state index in [9.17, 15) is 9.59 Å². The van der Waals surface area contributed by atoms with E-state index in [4.69, 9.17) is 4.74 Å². The summed E-state index contributed by atoms with van der Waals surface area (Å²) in [4.78, 5) is 31.7.